The van der Waals surface area contributed by atoms with Gasteiger partial charge in [-0.05, 0) is 69.0 Å². The van der Waals surface area contributed by atoms with E-state index in [2.05, 4.69) is 10.6 Å². The van der Waals surface area contributed by atoms with Gasteiger partial charge in [-0.1, -0.05) is 37.0 Å². The maximum atomic E-state index is 12.5. The number of benzene rings is 2. The summed E-state index contributed by atoms with van der Waals surface area (Å²) in [6.45, 7) is 5.80. The van der Waals surface area contributed by atoms with Gasteiger partial charge in [-0.3, -0.25) is 9.59 Å². The van der Waals surface area contributed by atoms with Crippen LogP contribution in [0, 0.1) is 20.8 Å². The van der Waals surface area contributed by atoms with Crippen molar-refractivity contribution in [3.05, 3.63) is 58.7 Å². The average Bonchev–Trinajstić information content (AvgIpc) is 2.69. The molecule has 2 N–H and O–H groups in total. The number of nitrogens with one attached hydrogen (secondary N) is 2. The summed E-state index contributed by atoms with van der Waals surface area (Å²) in [4.78, 5) is 24.8. The molecule has 3 rings (SSSR count). The summed E-state index contributed by atoms with van der Waals surface area (Å²) in [5, 5.41) is 5.99. The first-order chi connectivity index (χ1) is 13.9. The van der Waals surface area contributed by atoms with Crippen LogP contribution < -0.4 is 15.4 Å². The van der Waals surface area contributed by atoms with Gasteiger partial charge in [0, 0.05) is 17.3 Å². The normalized spacial score (nSPS) is 14.3. The lowest BCUT2D eigenvalue weighted by atomic mass is 9.95. The number of hydrogen-bond acceptors (Lipinski definition) is 3. The van der Waals surface area contributed by atoms with Crippen LogP contribution in [0.3, 0.4) is 0 Å². The molecule has 2 aromatic carbocycles. The third-order valence-electron chi connectivity index (χ3n) is 5.39. The lowest BCUT2D eigenvalue weighted by Crippen LogP contribution is -2.36. The molecule has 0 atom stereocenters. The van der Waals surface area contributed by atoms with Crippen LogP contribution in [0.15, 0.2) is 36.4 Å². The van der Waals surface area contributed by atoms with Crippen LogP contribution in [-0.2, 0) is 4.79 Å². The summed E-state index contributed by atoms with van der Waals surface area (Å²) in [7, 11) is 0. The molecule has 0 heterocycles. The topological polar surface area (TPSA) is 67.4 Å². The van der Waals surface area contributed by atoms with Gasteiger partial charge in [-0.2, -0.15) is 0 Å². The third kappa shape index (κ3) is 5.83. The Morgan fingerprint density at radius 3 is 2.41 bits per heavy atom. The monoisotopic (exact) mass is 394 g/mol. The summed E-state index contributed by atoms with van der Waals surface area (Å²) in [5.41, 5.74) is 4.32. The van der Waals surface area contributed by atoms with Crippen LogP contribution in [0.4, 0.5) is 5.69 Å². The van der Waals surface area contributed by atoms with Gasteiger partial charge in [-0.15, -0.1) is 0 Å². The Hall–Kier alpha value is -2.82. The number of anilines is 1. The van der Waals surface area contributed by atoms with E-state index in [0.717, 1.165) is 29.5 Å². The minimum atomic E-state index is -0.229. The molecule has 154 valence electrons. The van der Waals surface area contributed by atoms with Crippen LogP contribution in [-0.4, -0.2) is 24.5 Å². The molecular weight excluding hydrogens is 364 g/mol. The predicted molar refractivity (Wildman–Crippen MR) is 116 cm³/mol. The lowest BCUT2D eigenvalue weighted by molar-refractivity contribution is -0.118. The number of carbonyl (C=O) groups excluding carboxylic acids is 2. The molecule has 5 heteroatoms. The molecule has 1 fully saturated rings. The maximum Gasteiger partial charge on any atom is 0.262 e. The van der Waals surface area contributed by atoms with Crippen LogP contribution in [0.5, 0.6) is 5.75 Å². The van der Waals surface area contributed by atoms with E-state index in [1.165, 1.54) is 19.3 Å². The van der Waals surface area contributed by atoms with Crippen LogP contribution in [0.1, 0.15) is 59.2 Å². The first-order valence-corrected chi connectivity index (χ1v) is 10.3. The zero-order chi connectivity index (χ0) is 20.8. The Bertz CT molecular complexity index is 886. The summed E-state index contributed by atoms with van der Waals surface area (Å²) in [6, 6.07) is 11.5. The average molecular weight is 395 g/mol. The van der Waals surface area contributed by atoms with Crippen molar-refractivity contribution in [1.82, 2.24) is 5.32 Å². The number of ether oxygens (including phenoxy) is 1. The highest BCUT2D eigenvalue weighted by Gasteiger charge is 2.17. The number of rotatable bonds is 6. The van der Waals surface area contributed by atoms with Gasteiger partial charge in [0.2, 0.25) is 0 Å². The van der Waals surface area contributed by atoms with E-state index in [-0.39, 0.29) is 24.5 Å². The SMILES string of the molecule is Cc1ccc(OCC(=O)Nc2ccc(C(=O)NC3CCCCC3)cc2C)c(C)c1. The highest BCUT2D eigenvalue weighted by molar-refractivity contribution is 5.97. The Kier molecular flexibility index (Phi) is 6.91. The van der Waals surface area contributed by atoms with E-state index >= 15 is 0 Å². The van der Waals surface area contributed by atoms with Gasteiger partial charge in [0.15, 0.2) is 6.61 Å². The number of aryl methyl sites for hydroxylation is 3. The summed E-state index contributed by atoms with van der Waals surface area (Å²) < 4.78 is 5.64. The fourth-order valence-corrected chi connectivity index (χ4v) is 3.75. The Balaban J connectivity index is 1.55. The van der Waals surface area contributed by atoms with E-state index in [0.29, 0.717) is 17.0 Å². The van der Waals surface area contributed by atoms with Gasteiger partial charge < -0.3 is 15.4 Å². The molecule has 1 aliphatic rings. The Morgan fingerprint density at radius 1 is 0.966 bits per heavy atom. The molecule has 5 nitrogen and oxygen atoms in total. The second-order valence-corrected chi connectivity index (χ2v) is 7.94. The highest BCUT2D eigenvalue weighted by atomic mass is 16.5. The molecular formula is C24H30N2O3. The highest BCUT2D eigenvalue weighted by Crippen LogP contribution is 2.21. The van der Waals surface area contributed by atoms with Crippen molar-refractivity contribution >= 4 is 17.5 Å². The van der Waals surface area contributed by atoms with E-state index < -0.39 is 0 Å². The van der Waals surface area contributed by atoms with Gasteiger partial charge >= 0.3 is 0 Å². The summed E-state index contributed by atoms with van der Waals surface area (Å²) in [5.74, 6) is 0.431. The second-order valence-electron chi connectivity index (χ2n) is 7.94. The molecule has 29 heavy (non-hydrogen) atoms. The second kappa shape index (κ2) is 9.59. The van der Waals surface area contributed by atoms with E-state index in [4.69, 9.17) is 4.74 Å². The minimum absolute atomic E-state index is 0.0453. The molecule has 0 saturated heterocycles. The van der Waals surface area contributed by atoms with Crippen molar-refractivity contribution in [1.29, 1.82) is 0 Å². The van der Waals surface area contributed by atoms with E-state index in [1.807, 2.05) is 45.0 Å². The molecule has 0 bridgehead atoms. The first kappa shape index (κ1) is 20.9. The third-order valence-corrected chi connectivity index (χ3v) is 5.39. The molecule has 0 spiro atoms. The van der Waals surface area contributed by atoms with Crippen molar-refractivity contribution in [3.63, 3.8) is 0 Å². The minimum Gasteiger partial charge on any atom is -0.483 e. The van der Waals surface area contributed by atoms with Crippen LogP contribution >= 0.6 is 0 Å². The largest absolute Gasteiger partial charge is 0.483 e. The molecule has 2 amide bonds. The van der Waals surface area contributed by atoms with E-state index in [9.17, 15) is 9.59 Å². The van der Waals surface area contributed by atoms with Crippen molar-refractivity contribution in [2.24, 2.45) is 0 Å². The van der Waals surface area contributed by atoms with Gasteiger partial charge in [0.25, 0.3) is 11.8 Å². The van der Waals surface area contributed by atoms with Gasteiger partial charge in [0.05, 0.1) is 0 Å². The molecule has 0 aliphatic heterocycles. The molecule has 0 aromatic heterocycles. The number of hydrogen-bond donors (Lipinski definition) is 2. The zero-order valence-corrected chi connectivity index (χ0v) is 17.5. The van der Waals surface area contributed by atoms with Crippen molar-refractivity contribution in [2.45, 2.75) is 58.9 Å². The fourth-order valence-electron chi connectivity index (χ4n) is 3.75. The summed E-state index contributed by atoms with van der Waals surface area (Å²) >= 11 is 0. The standard InChI is InChI=1S/C24H30N2O3/c1-16-9-12-22(18(3)13-16)29-15-23(27)26-21-11-10-19(14-17(21)2)24(28)25-20-7-5-4-6-8-20/h9-14,20H,4-8,15H2,1-3H3,(H,25,28)(H,26,27). The molecule has 1 aliphatic carbocycles. The van der Waals surface area contributed by atoms with Crippen molar-refractivity contribution in [3.8, 4) is 5.75 Å². The molecule has 1 saturated carbocycles. The Labute approximate surface area is 172 Å². The van der Waals surface area contributed by atoms with Crippen molar-refractivity contribution < 1.29 is 14.3 Å². The molecule has 2 aromatic rings. The van der Waals surface area contributed by atoms with Crippen LogP contribution in [0.25, 0.3) is 0 Å². The van der Waals surface area contributed by atoms with Gasteiger partial charge in [0.1, 0.15) is 5.75 Å². The van der Waals surface area contributed by atoms with Crippen molar-refractivity contribution in [2.75, 3.05) is 11.9 Å². The molecule has 0 radical (unpaired) electrons. The molecule has 0 unspecified atom stereocenters. The first-order valence-electron chi connectivity index (χ1n) is 10.3. The summed E-state index contributed by atoms with van der Waals surface area (Å²) in [6.07, 6.45) is 5.73. The Morgan fingerprint density at radius 2 is 1.72 bits per heavy atom. The lowest BCUT2D eigenvalue weighted by Gasteiger charge is -2.23. The van der Waals surface area contributed by atoms with E-state index in [1.54, 1.807) is 12.1 Å². The number of amides is 2. The predicted octanol–water partition coefficient (Wildman–Crippen LogP) is 4.69. The zero-order valence-electron chi connectivity index (χ0n) is 17.5. The number of carbonyl (C=O) groups is 2. The van der Waals surface area contributed by atoms with Gasteiger partial charge in [-0.25, -0.2) is 0 Å². The fraction of sp³-hybridized carbons (Fsp3) is 0.417. The smallest absolute Gasteiger partial charge is 0.262 e. The quantitative estimate of drug-likeness (QED) is 0.747. The maximum absolute atomic E-state index is 12.5. The van der Waals surface area contributed by atoms with Crippen LogP contribution in [0.2, 0.25) is 0 Å².